The summed E-state index contributed by atoms with van der Waals surface area (Å²) in [6, 6.07) is 8.88. The molecule has 29 heavy (non-hydrogen) atoms. The van der Waals surface area contributed by atoms with Crippen LogP contribution in [0.4, 0.5) is 5.69 Å². The number of nitrogens with zero attached hydrogens (tertiary/aromatic N) is 2. The topological polar surface area (TPSA) is 50.3 Å². The van der Waals surface area contributed by atoms with Crippen molar-refractivity contribution in [2.24, 2.45) is 12.5 Å². The van der Waals surface area contributed by atoms with Gasteiger partial charge in [0.2, 0.25) is 0 Å². The quantitative estimate of drug-likeness (QED) is 0.710. The second kappa shape index (κ2) is 6.41. The van der Waals surface area contributed by atoms with Crippen LogP contribution in [0, 0.1) is 5.41 Å². The molecule has 2 saturated heterocycles. The average Bonchev–Trinajstić information content (AvgIpc) is 3.10. The summed E-state index contributed by atoms with van der Waals surface area (Å²) in [5.41, 5.74) is 4.91. The van der Waals surface area contributed by atoms with Gasteiger partial charge in [0, 0.05) is 65.0 Å². The molecule has 3 aliphatic rings. The van der Waals surface area contributed by atoms with Crippen molar-refractivity contribution in [2.45, 2.75) is 29.4 Å². The van der Waals surface area contributed by atoms with Gasteiger partial charge in [-0.25, -0.2) is 0 Å². The van der Waals surface area contributed by atoms with E-state index in [-0.39, 0.29) is 5.56 Å². The first kappa shape index (κ1) is 17.7. The zero-order valence-corrected chi connectivity index (χ0v) is 17.4. The first-order valence-electron chi connectivity index (χ1n) is 10.4. The summed E-state index contributed by atoms with van der Waals surface area (Å²) in [7, 11) is 1.84. The van der Waals surface area contributed by atoms with Crippen LogP contribution in [0.3, 0.4) is 0 Å². The van der Waals surface area contributed by atoms with Crippen LogP contribution in [0.25, 0.3) is 22.0 Å². The summed E-state index contributed by atoms with van der Waals surface area (Å²) < 4.78 is 7.05. The molecule has 0 amide bonds. The first-order chi connectivity index (χ1) is 14.1. The Morgan fingerprint density at radius 1 is 1.17 bits per heavy atom. The molecule has 0 unspecified atom stereocenters. The average molecular weight is 408 g/mol. The molecule has 1 saturated carbocycles. The molecule has 1 N–H and O–H groups in total. The number of anilines is 1. The number of H-pyrrole nitrogens is 1. The minimum absolute atomic E-state index is 0.0183. The van der Waals surface area contributed by atoms with E-state index < -0.39 is 0 Å². The van der Waals surface area contributed by atoms with Crippen molar-refractivity contribution in [3.63, 3.8) is 0 Å². The minimum atomic E-state index is 0.0183. The summed E-state index contributed by atoms with van der Waals surface area (Å²) in [6.07, 6.45) is 7.99. The predicted molar refractivity (Wildman–Crippen MR) is 118 cm³/mol. The maximum Gasteiger partial charge on any atom is 0.274 e. The number of rotatable bonds is 4. The summed E-state index contributed by atoms with van der Waals surface area (Å²) >= 11 is 1.90. The van der Waals surface area contributed by atoms with E-state index in [0.29, 0.717) is 16.2 Å². The number of fused-ring (bicyclic) bond motifs is 1. The van der Waals surface area contributed by atoms with Crippen molar-refractivity contribution in [3.8, 4) is 11.1 Å². The maximum absolute atomic E-state index is 12.6. The van der Waals surface area contributed by atoms with Crippen molar-refractivity contribution in [2.75, 3.05) is 31.2 Å². The monoisotopic (exact) mass is 407 g/mol. The van der Waals surface area contributed by atoms with Crippen LogP contribution in [-0.2, 0) is 11.8 Å². The number of nitrogens with one attached hydrogen (secondary N) is 1. The maximum atomic E-state index is 12.6. The summed E-state index contributed by atoms with van der Waals surface area (Å²) in [6.45, 7) is 3.98. The number of benzene rings is 1. The van der Waals surface area contributed by atoms with Crippen LogP contribution in [0.5, 0.6) is 0 Å². The van der Waals surface area contributed by atoms with Crippen LogP contribution >= 0.6 is 11.8 Å². The van der Waals surface area contributed by atoms with Crippen molar-refractivity contribution < 1.29 is 4.74 Å². The normalized spacial score (nSPS) is 20.5. The lowest BCUT2D eigenvalue weighted by molar-refractivity contribution is 0.0455. The second-order valence-corrected chi connectivity index (χ2v) is 10.3. The molecule has 6 heteroatoms. The molecule has 1 aromatic carbocycles. The van der Waals surface area contributed by atoms with Crippen LogP contribution < -0.4 is 10.5 Å². The Bertz CT molecular complexity index is 1150. The largest absolute Gasteiger partial charge is 0.379 e. The van der Waals surface area contributed by atoms with Crippen molar-refractivity contribution in [1.82, 2.24) is 9.55 Å². The summed E-state index contributed by atoms with van der Waals surface area (Å²) in [4.78, 5) is 19.5. The van der Waals surface area contributed by atoms with E-state index in [1.54, 1.807) is 4.57 Å². The molecule has 0 atom stereocenters. The van der Waals surface area contributed by atoms with Crippen LogP contribution in [0.1, 0.15) is 19.3 Å². The smallest absolute Gasteiger partial charge is 0.274 e. The number of ether oxygens (including phenoxy) is 1. The Labute approximate surface area is 174 Å². The Morgan fingerprint density at radius 2 is 2.00 bits per heavy atom. The Kier molecular flexibility index (Phi) is 3.90. The van der Waals surface area contributed by atoms with Gasteiger partial charge in [-0.05, 0) is 37.1 Å². The fourth-order valence-electron chi connectivity index (χ4n) is 4.96. The van der Waals surface area contributed by atoms with Crippen molar-refractivity contribution >= 4 is 28.4 Å². The van der Waals surface area contributed by atoms with Crippen LogP contribution in [0.2, 0.25) is 0 Å². The number of aromatic amines is 1. The van der Waals surface area contributed by atoms with Gasteiger partial charge >= 0.3 is 0 Å². The van der Waals surface area contributed by atoms with Crippen LogP contribution in [0.15, 0.2) is 46.3 Å². The van der Waals surface area contributed by atoms with Crippen molar-refractivity contribution in [3.05, 3.63) is 47.0 Å². The fraction of sp³-hybridized carbons (Fsp3) is 0.435. The fourth-order valence-corrected chi connectivity index (χ4v) is 6.01. The molecule has 1 aliphatic carbocycles. The number of hydrogen-bond donors (Lipinski definition) is 1. The number of hydrogen-bond acceptors (Lipinski definition) is 4. The second-order valence-electron chi connectivity index (χ2n) is 8.89. The van der Waals surface area contributed by atoms with E-state index in [1.165, 1.54) is 35.4 Å². The van der Waals surface area contributed by atoms with E-state index in [2.05, 4.69) is 28.1 Å². The third kappa shape index (κ3) is 2.76. The van der Waals surface area contributed by atoms with Gasteiger partial charge in [0.15, 0.2) is 0 Å². The molecule has 0 radical (unpaired) electrons. The SMILES string of the molecule is Cn1cc(-c2cc(SC3COC3)ccc2N2CC3(CCC3)C2)c2cc[nH]c2c1=O. The lowest BCUT2D eigenvalue weighted by Gasteiger charge is -2.57. The highest BCUT2D eigenvalue weighted by molar-refractivity contribution is 8.00. The molecular weight excluding hydrogens is 382 g/mol. The Balaban J connectivity index is 1.47. The molecule has 2 aliphatic heterocycles. The minimum Gasteiger partial charge on any atom is -0.379 e. The van der Waals surface area contributed by atoms with Gasteiger partial charge in [0.05, 0.1) is 18.5 Å². The van der Waals surface area contributed by atoms with E-state index in [9.17, 15) is 4.79 Å². The molecule has 1 spiro atoms. The molecule has 150 valence electrons. The van der Waals surface area contributed by atoms with Gasteiger partial charge < -0.3 is 19.2 Å². The van der Waals surface area contributed by atoms with Gasteiger partial charge in [-0.1, -0.05) is 6.42 Å². The Hall–Kier alpha value is -2.18. The molecule has 3 fully saturated rings. The van der Waals surface area contributed by atoms with E-state index >= 15 is 0 Å². The number of aromatic nitrogens is 2. The highest BCUT2D eigenvalue weighted by atomic mass is 32.2. The molecule has 2 aromatic heterocycles. The van der Waals surface area contributed by atoms with Gasteiger partial charge in [0.25, 0.3) is 5.56 Å². The summed E-state index contributed by atoms with van der Waals surface area (Å²) in [5, 5.41) is 1.55. The molecule has 3 aromatic rings. The van der Waals surface area contributed by atoms with Gasteiger partial charge in [-0.2, -0.15) is 0 Å². The van der Waals surface area contributed by atoms with Crippen molar-refractivity contribution in [1.29, 1.82) is 0 Å². The number of pyridine rings is 1. The number of aryl methyl sites for hydroxylation is 1. The van der Waals surface area contributed by atoms with Gasteiger partial charge in [-0.15, -0.1) is 11.8 Å². The summed E-state index contributed by atoms with van der Waals surface area (Å²) in [5.74, 6) is 0. The molecule has 5 nitrogen and oxygen atoms in total. The Morgan fingerprint density at radius 3 is 2.69 bits per heavy atom. The molecule has 4 heterocycles. The van der Waals surface area contributed by atoms with Gasteiger partial charge in [-0.3, -0.25) is 4.79 Å². The van der Waals surface area contributed by atoms with Gasteiger partial charge in [0.1, 0.15) is 5.52 Å². The molecular formula is C23H25N3O2S. The third-order valence-electron chi connectivity index (χ3n) is 6.87. The van der Waals surface area contributed by atoms with Crippen LogP contribution in [-0.4, -0.2) is 41.1 Å². The van der Waals surface area contributed by atoms with E-state index in [4.69, 9.17) is 4.74 Å². The highest BCUT2D eigenvalue weighted by Crippen LogP contribution is 2.51. The molecule has 6 rings (SSSR count). The zero-order chi connectivity index (χ0) is 19.6. The van der Waals surface area contributed by atoms with E-state index in [1.807, 2.05) is 37.3 Å². The lowest BCUT2D eigenvalue weighted by Crippen LogP contribution is -2.60. The lowest BCUT2D eigenvalue weighted by atomic mass is 9.63. The highest BCUT2D eigenvalue weighted by Gasteiger charge is 2.47. The number of thioether (sulfide) groups is 1. The standard InChI is InChI=1S/C23H25N3O2S/c1-25-10-19(17-5-8-24-21(17)22(25)27)18-9-15(29-16-11-28-12-16)3-4-20(18)26-13-23(14-26)6-2-7-23/h3-5,8-10,16,24H,2,6-7,11-14H2,1H3. The molecule has 0 bridgehead atoms. The first-order valence-corrected chi connectivity index (χ1v) is 11.3. The third-order valence-corrected chi connectivity index (χ3v) is 8.00. The zero-order valence-electron chi connectivity index (χ0n) is 16.6. The van der Waals surface area contributed by atoms with E-state index in [0.717, 1.165) is 37.3 Å². The predicted octanol–water partition coefficient (Wildman–Crippen LogP) is 4.01.